The number of carbonyl (C=O) groups is 1. The fraction of sp³-hybridized carbons (Fsp3) is 0.929. The lowest BCUT2D eigenvalue weighted by molar-refractivity contribution is -0.124. The Bertz CT molecular complexity index is 215. The van der Waals surface area contributed by atoms with Crippen LogP contribution in [0.5, 0.6) is 0 Å². The highest BCUT2D eigenvalue weighted by molar-refractivity contribution is 5.81. The molecule has 0 heterocycles. The van der Waals surface area contributed by atoms with Crippen LogP contribution in [0.1, 0.15) is 71.1 Å². The first kappa shape index (κ1) is 11.2. The summed E-state index contributed by atoms with van der Waals surface area (Å²) in [6.07, 6.45) is 12.7. The number of Topliss-reactive ketones (excluding diaryl/α,β-unsaturated/α-hetero) is 1. The van der Waals surface area contributed by atoms with Crippen LogP contribution in [0.4, 0.5) is 0 Å². The zero-order valence-corrected chi connectivity index (χ0v) is 10.1. The predicted octanol–water partition coefficient (Wildman–Crippen LogP) is 4.11. The fourth-order valence-electron chi connectivity index (χ4n) is 3.63. The second-order valence-corrected chi connectivity index (χ2v) is 5.70. The molecular formula is C14H24O. The van der Waals surface area contributed by atoms with E-state index in [1.54, 1.807) is 0 Å². The average Bonchev–Trinajstić information content (AvgIpc) is 2.68. The van der Waals surface area contributed by atoms with E-state index in [9.17, 15) is 4.79 Å². The van der Waals surface area contributed by atoms with Crippen molar-refractivity contribution < 1.29 is 4.79 Å². The van der Waals surface area contributed by atoms with Crippen LogP contribution >= 0.6 is 0 Å². The molecule has 2 rings (SSSR count). The molecule has 86 valence electrons. The first-order valence-corrected chi connectivity index (χ1v) is 6.78. The van der Waals surface area contributed by atoms with E-state index in [-0.39, 0.29) is 0 Å². The molecule has 0 aromatic heterocycles. The van der Waals surface area contributed by atoms with Gasteiger partial charge in [0.25, 0.3) is 0 Å². The van der Waals surface area contributed by atoms with Crippen LogP contribution in [0.2, 0.25) is 0 Å². The standard InChI is InChI=1S/C14H24O/c1-2-5-13(15)12-6-10-14(11-7-12)8-3-4-9-14/h12H,2-11H2,1H3. The Morgan fingerprint density at radius 2 is 1.73 bits per heavy atom. The zero-order valence-electron chi connectivity index (χ0n) is 10.1. The molecule has 1 nitrogen and oxygen atoms in total. The maximum atomic E-state index is 11.8. The van der Waals surface area contributed by atoms with Gasteiger partial charge in [-0.2, -0.15) is 0 Å². The first-order valence-electron chi connectivity index (χ1n) is 6.78. The Morgan fingerprint density at radius 3 is 2.27 bits per heavy atom. The van der Waals surface area contributed by atoms with E-state index in [2.05, 4.69) is 6.92 Å². The van der Waals surface area contributed by atoms with Gasteiger partial charge in [0.2, 0.25) is 0 Å². The summed E-state index contributed by atoms with van der Waals surface area (Å²) in [7, 11) is 0. The third-order valence-corrected chi connectivity index (χ3v) is 4.66. The zero-order chi connectivity index (χ0) is 10.7. The van der Waals surface area contributed by atoms with Gasteiger partial charge >= 0.3 is 0 Å². The second-order valence-electron chi connectivity index (χ2n) is 5.70. The Kier molecular flexibility index (Phi) is 3.48. The molecule has 0 aliphatic heterocycles. The molecule has 0 N–H and O–H groups in total. The van der Waals surface area contributed by atoms with E-state index in [0.717, 1.165) is 12.8 Å². The van der Waals surface area contributed by atoms with Gasteiger partial charge in [-0.05, 0) is 50.4 Å². The van der Waals surface area contributed by atoms with Crippen molar-refractivity contribution in [3.63, 3.8) is 0 Å². The second kappa shape index (κ2) is 4.67. The number of hydrogen-bond donors (Lipinski definition) is 0. The maximum Gasteiger partial charge on any atom is 0.135 e. The maximum absolute atomic E-state index is 11.8. The van der Waals surface area contributed by atoms with Crippen molar-refractivity contribution in [3.05, 3.63) is 0 Å². The molecule has 15 heavy (non-hydrogen) atoms. The topological polar surface area (TPSA) is 17.1 Å². The highest BCUT2D eigenvalue weighted by Gasteiger charge is 2.38. The quantitative estimate of drug-likeness (QED) is 0.682. The van der Waals surface area contributed by atoms with Crippen LogP contribution in [-0.2, 0) is 4.79 Å². The number of carbonyl (C=O) groups excluding carboxylic acids is 1. The summed E-state index contributed by atoms with van der Waals surface area (Å²) in [6, 6.07) is 0. The molecule has 1 spiro atoms. The van der Waals surface area contributed by atoms with E-state index in [1.165, 1.54) is 51.4 Å². The van der Waals surface area contributed by atoms with Crippen molar-refractivity contribution in [1.82, 2.24) is 0 Å². The number of rotatable bonds is 3. The summed E-state index contributed by atoms with van der Waals surface area (Å²) in [6.45, 7) is 2.11. The van der Waals surface area contributed by atoms with E-state index in [4.69, 9.17) is 0 Å². The summed E-state index contributed by atoms with van der Waals surface area (Å²) in [5, 5.41) is 0. The Hall–Kier alpha value is -0.330. The van der Waals surface area contributed by atoms with Crippen LogP contribution in [0, 0.1) is 11.3 Å². The minimum atomic E-state index is 0.427. The third-order valence-electron chi connectivity index (χ3n) is 4.66. The lowest BCUT2D eigenvalue weighted by atomic mass is 9.68. The monoisotopic (exact) mass is 208 g/mol. The van der Waals surface area contributed by atoms with Crippen molar-refractivity contribution in [1.29, 1.82) is 0 Å². The molecule has 2 fully saturated rings. The third kappa shape index (κ3) is 2.43. The van der Waals surface area contributed by atoms with Gasteiger partial charge < -0.3 is 0 Å². The molecule has 0 bridgehead atoms. The van der Waals surface area contributed by atoms with Crippen molar-refractivity contribution in [2.75, 3.05) is 0 Å². The van der Waals surface area contributed by atoms with E-state index < -0.39 is 0 Å². The van der Waals surface area contributed by atoms with Gasteiger partial charge in [-0.15, -0.1) is 0 Å². The summed E-state index contributed by atoms with van der Waals surface area (Å²) >= 11 is 0. The molecule has 2 saturated carbocycles. The normalized spacial score (nSPS) is 25.9. The summed E-state index contributed by atoms with van der Waals surface area (Å²) in [5.41, 5.74) is 0.684. The molecular weight excluding hydrogens is 184 g/mol. The summed E-state index contributed by atoms with van der Waals surface area (Å²) in [4.78, 5) is 11.8. The van der Waals surface area contributed by atoms with Gasteiger partial charge in [0.15, 0.2) is 0 Å². The Morgan fingerprint density at radius 1 is 1.13 bits per heavy atom. The summed E-state index contributed by atoms with van der Waals surface area (Å²) in [5.74, 6) is 0.974. The van der Waals surface area contributed by atoms with Gasteiger partial charge in [0, 0.05) is 12.3 Å². The average molecular weight is 208 g/mol. The largest absolute Gasteiger partial charge is 0.299 e. The number of ketones is 1. The Balaban J connectivity index is 1.83. The smallest absolute Gasteiger partial charge is 0.135 e. The Labute approximate surface area is 93.6 Å². The summed E-state index contributed by atoms with van der Waals surface area (Å²) < 4.78 is 0. The van der Waals surface area contributed by atoms with Crippen LogP contribution in [0.3, 0.4) is 0 Å². The lowest BCUT2D eigenvalue weighted by Gasteiger charge is -2.36. The molecule has 0 saturated heterocycles. The molecule has 0 atom stereocenters. The van der Waals surface area contributed by atoms with Crippen LogP contribution in [0.25, 0.3) is 0 Å². The molecule has 0 radical (unpaired) electrons. The highest BCUT2D eigenvalue weighted by Crippen LogP contribution is 2.50. The van der Waals surface area contributed by atoms with Gasteiger partial charge in [-0.3, -0.25) is 4.79 Å². The SMILES string of the molecule is CCCC(=O)C1CCC2(CCCC2)CC1. The van der Waals surface area contributed by atoms with Crippen LogP contribution in [-0.4, -0.2) is 5.78 Å². The molecule has 0 aromatic carbocycles. The van der Waals surface area contributed by atoms with E-state index >= 15 is 0 Å². The van der Waals surface area contributed by atoms with Gasteiger partial charge in [0.05, 0.1) is 0 Å². The van der Waals surface area contributed by atoms with Crippen LogP contribution in [0.15, 0.2) is 0 Å². The fourth-order valence-corrected chi connectivity index (χ4v) is 3.63. The van der Waals surface area contributed by atoms with Gasteiger partial charge in [-0.1, -0.05) is 19.8 Å². The van der Waals surface area contributed by atoms with Crippen LogP contribution < -0.4 is 0 Å². The minimum absolute atomic E-state index is 0.427. The molecule has 0 aromatic rings. The molecule has 0 unspecified atom stereocenters. The first-order chi connectivity index (χ1) is 7.26. The van der Waals surface area contributed by atoms with Crippen molar-refractivity contribution in [2.24, 2.45) is 11.3 Å². The van der Waals surface area contributed by atoms with Crippen molar-refractivity contribution in [2.45, 2.75) is 71.1 Å². The molecule has 2 aliphatic rings. The van der Waals surface area contributed by atoms with Crippen molar-refractivity contribution >= 4 is 5.78 Å². The molecule has 1 heteroatoms. The van der Waals surface area contributed by atoms with Crippen molar-refractivity contribution in [3.8, 4) is 0 Å². The lowest BCUT2D eigenvalue weighted by Crippen LogP contribution is -2.28. The van der Waals surface area contributed by atoms with E-state index in [0.29, 0.717) is 17.1 Å². The number of hydrogen-bond acceptors (Lipinski definition) is 1. The predicted molar refractivity (Wildman–Crippen MR) is 62.8 cm³/mol. The molecule has 0 amide bonds. The van der Waals surface area contributed by atoms with Gasteiger partial charge in [0.1, 0.15) is 5.78 Å². The van der Waals surface area contributed by atoms with Gasteiger partial charge in [-0.25, -0.2) is 0 Å². The minimum Gasteiger partial charge on any atom is -0.299 e. The van der Waals surface area contributed by atoms with E-state index in [1.807, 2.05) is 0 Å². The molecule has 2 aliphatic carbocycles. The highest BCUT2D eigenvalue weighted by atomic mass is 16.1.